The van der Waals surface area contributed by atoms with Crippen LogP contribution in [0.25, 0.3) is 0 Å². The minimum atomic E-state index is -0.948. The van der Waals surface area contributed by atoms with Gasteiger partial charge in [-0.15, -0.1) is 0 Å². The minimum Gasteiger partial charge on any atom is -0.496 e. The molecule has 1 amide bonds. The molecule has 2 aromatic carbocycles. The van der Waals surface area contributed by atoms with Gasteiger partial charge in [-0.1, -0.05) is 17.7 Å². The van der Waals surface area contributed by atoms with Gasteiger partial charge in [0.05, 0.1) is 18.1 Å². The summed E-state index contributed by atoms with van der Waals surface area (Å²) in [7, 11) is 1.40. The van der Waals surface area contributed by atoms with Gasteiger partial charge >= 0.3 is 5.69 Å². The molecule has 0 spiro atoms. The predicted octanol–water partition coefficient (Wildman–Crippen LogP) is 3.66. The number of nitro benzene ring substituents is 1. The van der Waals surface area contributed by atoms with Gasteiger partial charge in [0.1, 0.15) is 5.75 Å². The van der Waals surface area contributed by atoms with Crippen LogP contribution in [0.2, 0.25) is 5.02 Å². The monoisotopic (exact) mass is 350 g/mol. The van der Waals surface area contributed by atoms with Crippen LogP contribution in [0.15, 0.2) is 42.5 Å². The quantitative estimate of drug-likeness (QED) is 0.634. The summed E-state index contributed by atoms with van der Waals surface area (Å²) >= 11 is 5.85. The molecule has 126 valence electrons. The molecule has 8 heteroatoms. The largest absolute Gasteiger partial charge is 0.496 e. The Hall–Kier alpha value is -2.80. The highest BCUT2D eigenvalue weighted by molar-refractivity contribution is 6.30. The first-order chi connectivity index (χ1) is 11.4. The molecule has 1 N–H and O–H groups in total. The Morgan fingerprint density at radius 3 is 2.67 bits per heavy atom. The van der Waals surface area contributed by atoms with Crippen molar-refractivity contribution in [2.24, 2.45) is 0 Å². The van der Waals surface area contributed by atoms with Crippen molar-refractivity contribution in [3.63, 3.8) is 0 Å². The number of anilines is 1. The Bertz CT molecular complexity index is 766. The molecule has 0 saturated carbocycles. The summed E-state index contributed by atoms with van der Waals surface area (Å²) in [6.45, 7) is 1.49. The number of hydrogen-bond acceptors (Lipinski definition) is 5. The number of methoxy groups -OCH3 is 1. The number of carbonyl (C=O) groups is 1. The van der Waals surface area contributed by atoms with Crippen LogP contribution in [0.3, 0.4) is 0 Å². The third-order valence-corrected chi connectivity index (χ3v) is 3.36. The number of hydrogen-bond donors (Lipinski definition) is 1. The van der Waals surface area contributed by atoms with Crippen molar-refractivity contribution in [2.75, 3.05) is 12.4 Å². The molecule has 0 heterocycles. The molecule has 24 heavy (non-hydrogen) atoms. The molecular weight excluding hydrogens is 336 g/mol. The van der Waals surface area contributed by atoms with Crippen molar-refractivity contribution in [1.29, 1.82) is 0 Å². The van der Waals surface area contributed by atoms with Gasteiger partial charge in [-0.25, -0.2) is 0 Å². The van der Waals surface area contributed by atoms with Crippen LogP contribution < -0.4 is 14.8 Å². The standard InChI is InChI=1S/C16H15ClN2O5/c1-10(16(20)18-12-5-3-4-11(17)8-12)24-15-7-6-13(23-2)9-14(15)19(21)22/h3-10H,1-2H3,(H,18,20)/t10-/m1/s1. The molecule has 0 aromatic heterocycles. The lowest BCUT2D eigenvalue weighted by molar-refractivity contribution is -0.386. The number of carbonyl (C=O) groups excluding carboxylic acids is 1. The van der Waals surface area contributed by atoms with Gasteiger partial charge in [-0.2, -0.15) is 0 Å². The molecule has 2 rings (SSSR count). The van der Waals surface area contributed by atoms with E-state index in [0.717, 1.165) is 0 Å². The van der Waals surface area contributed by atoms with E-state index < -0.39 is 16.9 Å². The SMILES string of the molecule is COc1ccc(O[C@H](C)C(=O)Nc2cccc(Cl)c2)c([N+](=O)[O-])c1. The number of benzene rings is 2. The van der Waals surface area contributed by atoms with E-state index in [1.54, 1.807) is 24.3 Å². The molecule has 0 aliphatic carbocycles. The van der Waals surface area contributed by atoms with Gasteiger partial charge in [0.2, 0.25) is 0 Å². The van der Waals surface area contributed by atoms with E-state index in [9.17, 15) is 14.9 Å². The van der Waals surface area contributed by atoms with E-state index in [2.05, 4.69) is 5.32 Å². The Morgan fingerprint density at radius 1 is 1.29 bits per heavy atom. The van der Waals surface area contributed by atoms with Gasteiger partial charge in [0, 0.05) is 10.7 Å². The van der Waals surface area contributed by atoms with Crippen LogP contribution in [0, 0.1) is 10.1 Å². The molecule has 2 aromatic rings. The van der Waals surface area contributed by atoms with Crippen molar-refractivity contribution in [3.8, 4) is 11.5 Å². The number of halogens is 1. The van der Waals surface area contributed by atoms with E-state index in [1.807, 2.05) is 0 Å². The van der Waals surface area contributed by atoms with Crippen LogP contribution in [0.1, 0.15) is 6.92 Å². The maximum absolute atomic E-state index is 12.2. The predicted molar refractivity (Wildman–Crippen MR) is 89.8 cm³/mol. The van der Waals surface area contributed by atoms with Gasteiger partial charge in [-0.3, -0.25) is 14.9 Å². The van der Waals surface area contributed by atoms with Crippen molar-refractivity contribution in [1.82, 2.24) is 0 Å². The molecule has 0 bridgehead atoms. The molecule has 0 aliphatic heterocycles. The first-order valence-corrected chi connectivity index (χ1v) is 7.34. The van der Waals surface area contributed by atoms with Crippen LogP contribution in [-0.4, -0.2) is 24.0 Å². The zero-order valence-corrected chi connectivity index (χ0v) is 13.7. The van der Waals surface area contributed by atoms with Crippen LogP contribution in [0.4, 0.5) is 11.4 Å². The maximum Gasteiger partial charge on any atom is 0.314 e. The Morgan fingerprint density at radius 2 is 2.04 bits per heavy atom. The highest BCUT2D eigenvalue weighted by Crippen LogP contribution is 2.31. The number of nitrogens with zero attached hydrogens (tertiary/aromatic N) is 1. The van der Waals surface area contributed by atoms with E-state index in [4.69, 9.17) is 21.1 Å². The van der Waals surface area contributed by atoms with E-state index >= 15 is 0 Å². The molecule has 0 fully saturated rings. The van der Waals surface area contributed by atoms with E-state index in [1.165, 1.54) is 32.2 Å². The van der Waals surface area contributed by atoms with E-state index in [0.29, 0.717) is 16.5 Å². The van der Waals surface area contributed by atoms with Crippen molar-refractivity contribution in [2.45, 2.75) is 13.0 Å². The molecular formula is C16H15ClN2O5. The van der Waals surface area contributed by atoms with Crippen LogP contribution >= 0.6 is 11.6 Å². The lowest BCUT2D eigenvalue weighted by Gasteiger charge is -2.15. The number of nitrogens with one attached hydrogen (secondary N) is 1. The Labute approximate surface area is 143 Å². The number of rotatable bonds is 6. The number of ether oxygens (including phenoxy) is 2. The van der Waals surface area contributed by atoms with Gasteiger partial charge in [0.15, 0.2) is 11.9 Å². The lowest BCUT2D eigenvalue weighted by atomic mass is 10.2. The van der Waals surface area contributed by atoms with E-state index in [-0.39, 0.29) is 11.4 Å². The average molecular weight is 351 g/mol. The molecule has 0 aliphatic rings. The first-order valence-electron chi connectivity index (χ1n) is 6.96. The number of nitro groups is 1. The number of amides is 1. The van der Waals surface area contributed by atoms with Gasteiger partial charge in [0.25, 0.3) is 5.91 Å². The normalized spacial score (nSPS) is 11.5. The second kappa shape index (κ2) is 7.65. The van der Waals surface area contributed by atoms with Gasteiger partial charge < -0.3 is 14.8 Å². The van der Waals surface area contributed by atoms with Crippen molar-refractivity contribution in [3.05, 3.63) is 57.6 Å². The Balaban J connectivity index is 2.12. The highest BCUT2D eigenvalue weighted by atomic mass is 35.5. The second-order valence-electron chi connectivity index (χ2n) is 4.85. The fourth-order valence-electron chi connectivity index (χ4n) is 1.92. The highest BCUT2D eigenvalue weighted by Gasteiger charge is 2.22. The lowest BCUT2D eigenvalue weighted by Crippen LogP contribution is -2.30. The summed E-state index contributed by atoms with van der Waals surface area (Å²) in [4.78, 5) is 22.7. The molecule has 1 atom stereocenters. The smallest absolute Gasteiger partial charge is 0.314 e. The zero-order valence-electron chi connectivity index (χ0n) is 13.0. The molecule has 0 saturated heterocycles. The fraction of sp³-hybridized carbons (Fsp3) is 0.188. The first kappa shape index (κ1) is 17.6. The summed E-state index contributed by atoms with van der Waals surface area (Å²) in [6, 6.07) is 10.8. The maximum atomic E-state index is 12.2. The van der Waals surface area contributed by atoms with Crippen molar-refractivity contribution < 1.29 is 19.2 Å². The topological polar surface area (TPSA) is 90.7 Å². The molecule has 0 radical (unpaired) electrons. The third-order valence-electron chi connectivity index (χ3n) is 3.13. The van der Waals surface area contributed by atoms with Crippen LogP contribution in [0.5, 0.6) is 11.5 Å². The Kier molecular flexibility index (Phi) is 5.59. The summed E-state index contributed by atoms with van der Waals surface area (Å²) in [5.41, 5.74) is 0.226. The average Bonchev–Trinajstić information content (AvgIpc) is 2.54. The van der Waals surface area contributed by atoms with Gasteiger partial charge in [-0.05, 0) is 37.3 Å². The second-order valence-corrected chi connectivity index (χ2v) is 5.29. The van der Waals surface area contributed by atoms with Crippen LogP contribution in [-0.2, 0) is 4.79 Å². The summed E-state index contributed by atoms with van der Waals surface area (Å²) in [5, 5.41) is 14.2. The van der Waals surface area contributed by atoms with Crippen molar-refractivity contribution >= 4 is 28.9 Å². The summed E-state index contributed by atoms with van der Waals surface area (Å²) in [5.74, 6) is -0.151. The summed E-state index contributed by atoms with van der Waals surface area (Å²) in [6.07, 6.45) is -0.948. The third kappa shape index (κ3) is 4.36. The fourth-order valence-corrected chi connectivity index (χ4v) is 2.11. The minimum absolute atomic E-state index is 0.0189. The zero-order chi connectivity index (χ0) is 17.7. The molecule has 0 unspecified atom stereocenters. The molecule has 7 nitrogen and oxygen atoms in total. The summed E-state index contributed by atoms with van der Waals surface area (Å²) < 4.78 is 10.4.